The lowest BCUT2D eigenvalue weighted by Crippen LogP contribution is -2.39. The fourth-order valence-corrected chi connectivity index (χ4v) is 4.57. The van der Waals surface area contributed by atoms with E-state index < -0.39 is 14.1 Å². The van der Waals surface area contributed by atoms with Gasteiger partial charge in [0.15, 0.2) is 8.32 Å². The van der Waals surface area contributed by atoms with Gasteiger partial charge in [0, 0.05) is 24.7 Å². The summed E-state index contributed by atoms with van der Waals surface area (Å²) < 4.78 is 12.0. The number of carbonyl (C=O) groups excluding carboxylic acids is 1. The van der Waals surface area contributed by atoms with Crippen LogP contribution in [0.25, 0.3) is 11.3 Å². The molecule has 0 saturated carbocycles. The van der Waals surface area contributed by atoms with E-state index in [0.717, 1.165) is 29.1 Å². The minimum atomic E-state index is -2.28. The number of benzene rings is 1. The Morgan fingerprint density at radius 2 is 1.94 bits per heavy atom. The lowest BCUT2D eigenvalue weighted by molar-refractivity contribution is -0.140. The highest BCUT2D eigenvalue weighted by Crippen LogP contribution is 2.43. The van der Waals surface area contributed by atoms with Crippen molar-refractivity contribution in [2.75, 3.05) is 13.8 Å². The summed E-state index contributed by atoms with van der Waals surface area (Å²) in [5, 5.41) is -0.110. The summed E-state index contributed by atoms with van der Waals surface area (Å²) in [6.07, 6.45) is 3.38. The van der Waals surface area contributed by atoms with Crippen molar-refractivity contribution in [2.45, 2.75) is 63.5 Å². The zero-order valence-corrected chi connectivity index (χ0v) is 21.4. The van der Waals surface area contributed by atoms with Gasteiger partial charge < -0.3 is 24.5 Å². The summed E-state index contributed by atoms with van der Waals surface area (Å²) in [7, 11) is 2.53. The molecule has 0 spiro atoms. The minimum Gasteiger partial charge on any atom is -0.469 e. The van der Waals surface area contributed by atoms with E-state index in [2.05, 4.69) is 25.3 Å². The van der Waals surface area contributed by atoms with E-state index in [0.29, 0.717) is 6.42 Å². The molecule has 2 aromatic rings. The van der Waals surface area contributed by atoms with Gasteiger partial charge in [-0.2, -0.15) is 0 Å². The maximum absolute atomic E-state index is 12.0. The van der Waals surface area contributed by atoms with Crippen molar-refractivity contribution in [3.05, 3.63) is 41.9 Å². The SMILES string of the molecule is COC(=O)C([B]OCN)Cc1ccc(-c2cn(C)c(C(C)CC(C)(C)[Si](C)(C)O)n2)cc1. The van der Waals surface area contributed by atoms with Crippen LogP contribution in [-0.2, 0) is 27.7 Å². The molecule has 0 aliphatic rings. The molecule has 3 N–H and O–H groups in total. The van der Waals surface area contributed by atoms with E-state index in [1.807, 2.05) is 50.6 Å². The third-order valence-electron chi connectivity index (χ3n) is 6.39. The molecule has 2 rings (SSSR count). The molecular weight excluding hydrogens is 421 g/mol. The van der Waals surface area contributed by atoms with Crippen molar-refractivity contribution in [1.29, 1.82) is 0 Å². The van der Waals surface area contributed by atoms with Gasteiger partial charge in [-0.25, -0.2) is 4.98 Å². The molecule has 0 amide bonds. The van der Waals surface area contributed by atoms with Crippen LogP contribution in [0.4, 0.5) is 0 Å². The lowest BCUT2D eigenvalue weighted by atomic mass is 9.76. The quantitative estimate of drug-likeness (QED) is 0.303. The van der Waals surface area contributed by atoms with Gasteiger partial charge in [-0.05, 0) is 36.5 Å². The molecule has 0 saturated heterocycles. The van der Waals surface area contributed by atoms with E-state index in [1.54, 1.807) is 0 Å². The van der Waals surface area contributed by atoms with Gasteiger partial charge in [-0.3, -0.25) is 4.79 Å². The zero-order chi connectivity index (χ0) is 24.1. The molecule has 175 valence electrons. The molecule has 1 aromatic heterocycles. The number of methoxy groups -OCH3 is 1. The first kappa shape index (κ1) is 26.3. The van der Waals surface area contributed by atoms with Crippen LogP contribution in [0, 0.1) is 0 Å². The Hall–Kier alpha value is -1.94. The summed E-state index contributed by atoms with van der Waals surface area (Å²) in [5.74, 6) is 0.359. The Bertz CT molecular complexity index is 894. The number of aryl methyl sites for hydroxylation is 1. The van der Waals surface area contributed by atoms with Crippen molar-refractivity contribution in [2.24, 2.45) is 12.8 Å². The standard InChI is InChI=1S/C23H37BN3O4Si/c1-16(13-23(2,3)32(6,7)29)21-26-20(14-27(21)4)18-10-8-17(9-11-18)12-19(22(28)30-5)24-31-15-25/h8-11,14,16,19,29H,12-13,15,25H2,1-7H3. The second-order valence-corrected chi connectivity index (χ2v) is 14.1. The summed E-state index contributed by atoms with van der Waals surface area (Å²) in [6, 6.07) is 8.00. The molecule has 7 nitrogen and oxygen atoms in total. The van der Waals surface area contributed by atoms with Gasteiger partial charge in [0.1, 0.15) is 5.82 Å². The van der Waals surface area contributed by atoms with E-state index in [9.17, 15) is 9.59 Å². The molecule has 2 unspecified atom stereocenters. The molecular formula is C23H37BN3O4Si. The molecule has 1 aromatic carbocycles. The number of carbonyl (C=O) groups is 1. The first-order valence-electron chi connectivity index (χ1n) is 11.0. The molecule has 9 heteroatoms. The first-order valence-corrected chi connectivity index (χ1v) is 13.9. The van der Waals surface area contributed by atoms with Crippen LogP contribution in [0.3, 0.4) is 0 Å². The van der Waals surface area contributed by atoms with Crippen LogP contribution < -0.4 is 5.73 Å². The van der Waals surface area contributed by atoms with Crippen molar-refractivity contribution < 1.29 is 19.0 Å². The first-order chi connectivity index (χ1) is 14.9. The number of imidazole rings is 1. The Morgan fingerprint density at radius 1 is 1.31 bits per heavy atom. The smallest absolute Gasteiger partial charge is 0.309 e. The van der Waals surface area contributed by atoms with Gasteiger partial charge in [0.25, 0.3) is 0 Å². The van der Waals surface area contributed by atoms with E-state index in [-0.39, 0.29) is 23.7 Å². The molecule has 32 heavy (non-hydrogen) atoms. The van der Waals surface area contributed by atoms with Crippen LogP contribution in [-0.4, -0.2) is 50.0 Å². The number of ether oxygens (including phenoxy) is 1. The maximum atomic E-state index is 12.0. The Morgan fingerprint density at radius 3 is 2.47 bits per heavy atom. The topological polar surface area (TPSA) is 99.6 Å². The number of esters is 1. The highest BCUT2D eigenvalue weighted by Gasteiger charge is 2.39. The number of hydrogen-bond donors (Lipinski definition) is 2. The fourth-order valence-electron chi connectivity index (χ4n) is 3.76. The lowest BCUT2D eigenvalue weighted by Gasteiger charge is -2.36. The maximum Gasteiger partial charge on any atom is 0.309 e. The monoisotopic (exact) mass is 458 g/mol. The number of rotatable bonds is 11. The van der Waals surface area contributed by atoms with Crippen molar-refractivity contribution >= 4 is 21.8 Å². The molecule has 0 aliphatic heterocycles. The van der Waals surface area contributed by atoms with Gasteiger partial charge in [-0.15, -0.1) is 0 Å². The third kappa shape index (κ3) is 6.54. The molecule has 1 heterocycles. The Labute approximate surface area is 193 Å². The number of aromatic nitrogens is 2. The summed E-state index contributed by atoms with van der Waals surface area (Å²) >= 11 is 0. The number of nitrogens with two attached hydrogens (primary N) is 1. The highest BCUT2D eigenvalue weighted by atomic mass is 28.4. The largest absolute Gasteiger partial charge is 0.469 e. The number of hydrogen-bond acceptors (Lipinski definition) is 6. The predicted octanol–water partition coefficient (Wildman–Crippen LogP) is 3.61. The molecule has 2 atom stereocenters. The molecule has 0 bridgehead atoms. The van der Waals surface area contributed by atoms with Gasteiger partial charge in [-0.1, -0.05) is 45.0 Å². The highest BCUT2D eigenvalue weighted by molar-refractivity contribution is 6.72. The van der Waals surface area contributed by atoms with Gasteiger partial charge in [0.05, 0.1) is 25.4 Å². The molecule has 0 aliphatic carbocycles. The second kappa shape index (κ2) is 10.8. The third-order valence-corrected chi connectivity index (χ3v) is 9.91. The van der Waals surface area contributed by atoms with E-state index in [1.165, 1.54) is 14.6 Å². The van der Waals surface area contributed by atoms with E-state index in [4.69, 9.17) is 20.1 Å². The Balaban J connectivity index is 2.16. The van der Waals surface area contributed by atoms with Gasteiger partial charge >= 0.3 is 13.5 Å². The van der Waals surface area contributed by atoms with Crippen molar-refractivity contribution in [1.82, 2.24) is 9.55 Å². The van der Waals surface area contributed by atoms with Crippen molar-refractivity contribution in [3.63, 3.8) is 0 Å². The van der Waals surface area contributed by atoms with E-state index >= 15 is 0 Å². The van der Waals surface area contributed by atoms with Crippen LogP contribution in [0.15, 0.2) is 30.5 Å². The fraction of sp³-hybridized carbons (Fsp3) is 0.565. The average Bonchev–Trinajstić information content (AvgIpc) is 3.11. The predicted molar refractivity (Wildman–Crippen MR) is 131 cm³/mol. The number of nitrogens with zero attached hydrogens (tertiary/aromatic N) is 2. The summed E-state index contributed by atoms with van der Waals surface area (Å²) in [6.45, 7) is 10.5. The van der Waals surface area contributed by atoms with Crippen LogP contribution >= 0.6 is 0 Å². The van der Waals surface area contributed by atoms with Crippen molar-refractivity contribution in [3.8, 4) is 11.3 Å². The Kier molecular flexibility index (Phi) is 8.87. The molecule has 0 fully saturated rings. The van der Waals surface area contributed by atoms with Crippen LogP contribution in [0.5, 0.6) is 0 Å². The van der Waals surface area contributed by atoms with Crippen LogP contribution in [0.2, 0.25) is 23.9 Å². The molecule has 1 radical (unpaired) electrons. The zero-order valence-electron chi connectivity index (χ0n) is 20.4. The second-order valence-electron chi connectivity index (χ2n) is 9.64. The summed E-state index contributed by atoms with van der Waals surface area (Å²) in [4.78, 5) is 27.5. The summed E-state index contributed by atoms with van der Waals surface area (Å²) in [5.41, 5.74) is 8.26. The minimum absolute atomic E-state index is 0.0159. The van der Waals surface area contributed by atoms with Crippen LogP contribution in [0.1, 0.15) is 44.5 Å². The van der Waals surface area contributed by atoms with Gasteiger partial charge in [0.2, 0.25) is 0 Å². The average molecular weight is 458 g/mol. The normalized spacial score (nSPS) is 14.2.